The van der Waals surface area contributed by atoms with Gasteiger partial charge in [0.05, 0.1) is 12.2 Å². The molecule has 0 aliphatic carbocycles. The molecule has 0 spiro atoms. The number of hydrogen-bond donors (Lipinski definition) is 1. The lowest BCUT2D eigenvalue weighted by atomic mass is 10.1. The first-order valence-corrected chi connectivity index (χ1v) is 7.01. The number of carbonyl (C=O) groups excluding carboxylic acids is 1. The molecule has 22 heavy (non-hydrogen) atoms. The van der Waals surface area contributed by atoms with Gasteiger partial charge in [0.15, 0.2) is 0 Å². The maximum absolute atomic E-state index is 11.2. The van der Waals surface area contributed by atoms with Crippen molar-refractivity contribution in [2.45, 2.75) is 20.4 Å². The molecule has 0 fully saturated rings. The largest absolute Gasteiger partial charge is 0.365 e. The Balaban J connectivity index is 2.42. The zero-order valence-electron chi connectivity index (χ0n) is 12.3. The number of aromatic nitrogens is 2. The van der Waals surface area contributed by atoms with Crippen LogP contribution in [0.3, 0.4) is 0 Å². The van der Waals surface area contributed by atoms with Crippen LogP contribution in [-0.2, 0) is 11.3 Å². The number of primary amides is 1. The van der Waals surface area contributed by atoms with Gasteiger partial charge in [0.2, 0.25) is 0 Å². The summed E-state index contributed by atoms with van der Waals surface area (Å²) in [7, 11) is 0. The predicted molar refractivity (Wildman–Crippen MR) is 85.0 cm³/mol. The Morgan fingerprint density at radius 3 is 2.73 bits per heavy atom. The van der Waals surface area contributed by atoms with E-state index in [1.807, 2.05) is 38.1 Å². The van der Waals surface area contributed by atoms with Crippen molar-refractivity contribution in [1.29, 1.82) is 5.26 Å². The molecule has 0 aliphatic heterocycles. The zero-order valence-corrected chi connectivity index (χ0v) is 13.1. The minimum absolute atomic E-state index is 0.0940. The summed E-state index contributed by atoms with van der Waals surface area (Å²) in [6.07, 6.45) is 1.48. The van der Waals surface area contributed by atoms with Crippen molar-refractivity contribution >= 4 is 23.6 Å². The number of amides is 1. The van der Waals surface area contributed by atoms with E-state index in [4.69, 9.17) is 22.6 Å². The van der Waals surface area contributed by atoms with Crippen LogP contribution in [0, 0.1) is 25.2 Å². The van der Waals surface area contributed by atoms with E-state index in [0.717, 1.165) is 22.5 Å². The number of benzene rings is 1. The summed E-state index contributed by atoms with van der Waals surface area (Å²) in [4.78, 5) is 11.2. The molecule has 1 aromatic heterocycles. The molecule has 1 amide bonds. The number of rotatable bonds is 4. The third-order valence-electron chi connectivity index (χ3n) is 3.39. The first-order valence-electron chi connectivity index (χ1n) is 6.63. The Morgan fingerprint density at radius 2 is 2.14 bits per heavy atom. The van der Waals surface area contributed by atoms with Gasteiger partial charge in [0, 0.05) is 16.3 Å². The minimum atomic E-state index is -0.750. The summed E-state index contributed by atoms with van der Waals surface area (Å²) >= 11 is 6.16. The van der Waals surface area contributed by atoms with Gasteiger partial charge in [-0.2, -0.15) is 10.4 Å². The van der Waals surface area contributed by atoms with Crippen LogP contribution in [0.4, 0.5) is 0 Å². The van der Waals surface area contributed by atoms with Crippen molar-refractivity contribution in [2.24, 2.45) is 5.73 Å². The maximum atomic E-state index is 11.2. The fourth-order valence-corrected chi connectivity index (χ4v) is 2.36. The summed E-state index contributed by atoms with van der Waals surface area (Å²) in [5.41, 5.74) is 8.31. The van der Waals surface area contributed by atoms with Gasteiger partial charge in [-0.25, -0.2) is 0 Å². The molecule has 0 bridgehead atoms. The van der Waals surface area contributed by atoms with Crippen LogP contribution in [0.1, 0.15) is 22.5 Å². The second-order valence-corrected chi connectivity index (χ2v) is 5.27. The number of halogens is 1. The van der Waals surface area contributed by atoms with Crippen molar-refractivity contribution in [3.05, 3.63) is 57.4 Å². The molecule has 0 atom stereocenters. The van der Waals surface area contributed by atoms with E-state index >= 15 is 0 Å². The molecule has 1 aromatic carbocycles. The Morgan fingerprint density at radius 1 is 1.45 bits per heavy atom. The molecule has 2 rings (SSSR count). The van der Waals surface area contributed by atoms with Gasteiger partial charge in [-0.15, -0.1) is 0 Å². The Labute approximate surface area is 133 Å². The summed E-state index contributed by atoms with van der Waals surface area (Å²) in [6.45, 7) is 4.20. The van der Waals surface area contributed by atoms with Crippen LogP contribution in [0.2, 0.25) is 5.02 Å². The van der Waals surface area contributed by atoms with Crippen LogP contribution < -0.4 is 5.73 Å². The van der Waals surface area contributed by atoms with Gasteiger partial charge in [-0.1, -0.05) is 29.8 Å². The minimum Gasteiger partial charge on any atom is -0.365 e. The van der Waals surface area contributed by atoms with E-state index in [1.54, 1.807) is 10.8 Å². The third kappa shape index (κ3) is 3.18. The van der Waals surface area contributed by atoms with Crippen molar-refractivity contribution in [1.82, 2.24) is 9.78 Å². The maximum Gasteiger partial charge on any atom is 0.259 e. The highest BCUT2D eigenvalue weighted by Crippen LogP contribution is 2.21. The summed E-state index contributed by atoms with van der Waals surface area (Å²) in [5, 5.41) is 14.1. The zero-order chi connectivity index (χ0) is 16.3. The van der Waals surface area contributed by atoms with Gasteiger partial charge in [-0.3, -0.25) is 9.48 Å². The average Bonchev–Trinajstić information content (AvgIpc) is 2.73. The molecular formula is C16H15ClN4O. The molecule has 0 unspecified atom stereocenters. The third-order valence-corrected chi connectivity index (χ3v) is 3.76. The highest BCUT2D eigenvalue weighted by Gasteiger charge is 2.13. The molecule has 0 saturated heterocycles. The van der Waals surface area contributed by atoms with E-state index in [-0.39, 0.29) is 5.57 Å². The lowest BCUT2D eigenvalue weighted by Crippen LogP contribution is -2.12. The number of nitrogens with two attached hydrogens (primary N) is 1. The first kappa shape index (κ1) is 15.8. The number of aryl methyl sites for hydroxylation is 1. The van der Waals surface area contributed by atoms with Gasteiger partial charge >= 0.3 is 0 Å². The highest BCUT2D eigenvalue weighted by molar-refractivity contribution is 6.31. The van der Waals surface area contributed by atoms with Gasteiger partial charge in [0.25, 0.3) is 5.91 Å². The summed E-state index contributed by atoms with van der Waals surface area (Å²) in [6, 6.07) is 9.33. The van der Waals surface area contributed by atoms with E-state index in [0.29, 0.717) is 11.6 Å². The fraction of sp³-hybridized carbons (Fsp3) is 0.188. The number of nitriles is 1. The molecule has 5 nitrogen and oxygen atoms in total. The lowest BCUT2D eigenvalue weighted by Gasteiger charge is -2.06. The standard InChI is InChI=1S/C16H15ClN4O/c1-10-14(7-13(8-18)16(19)22)11(2)21(20-10)9-12-5-3-4-6-15(12)17/h3-7H,9H2,1-2H3,(H2,19,22)/b13-7+. The lowest BCUT2D eigenvalue weighted by molar-refractivity contribution is -0.114. The van der Waals surface area contributed by atoms with Gasteiger partial charge in [0.1, 0.15) is 11.6 Å². The van der Waals surface area contributed by atoms with Gasteiger partial charge < -0.3 is 5.73 Å². The number of hydrogen-bond acceptors (Lipinski definition) is 3. The molecular weight excluding hydrogens is 300 g/mol. The fourth-order valence-electron chi connectivity index (χ4n) is 2.16. The number of carbonyl (C=O) groups is 1. The van der Waals surface area contributed by atoms with E-state index in [1.165, 1.54) is 6.08 Å². The molecule has 1 heterocycles. The van der Waals surface area contributed by atoms with Crippen molar-refractivity contribution in [2.75, 3.05) is 0 Å². The van der Waals surface area contributed by atoms with E-state index in [2.05, 4.69) is 5.10 Å². The monoisotopic (exact) mass is 314 g/mol. The summed E-state index contributed by atoms with van der Waals surface area (Å²) < 4.78 is 1.79. The molecule has 6 heteroatoms. The van der Waals surface area contributed by atoms with E-state index in [9.17, 15) is 4.79 Å². The van der Waals surface area contributed by atoms with Crippen molar-refractivity contribution < 1.29 is 4.79 Å². The molecule has 0 saturated carbocycles. The normalized spacial score (nSPS) is 11.3. The Hall–Kier alpha value is -2.58. The second-order valence-electron chi connectivity index (χ2n) is 4.87. The van der Waals surface area contributed by atoms with Crippen molar-refractivity contribution in [3.8, 4) is 6.07 Å². The molecule has 0 radical (unpaired) electrons. The smallest absolute Gasteiger partial charge is 0.259 e. The molecule has 2 N–H and O–H groups in total. The van der Waals surface area contributed by atoms with Crippen LogP contribution in [0.25, 0.3) is 6.08 Å². The van der Waals surface area contributed by atoms with Crippen molar-refractivity contribution in [3.63, 3.8) is 0 Å². The number of nitrogens with zero attached hydrogens (tertiary/aromatic N) is 3. The Bertz CT molecular complexity index is 799. The topological polar surface area (TPSA) is 84.7 Å². The van der Waals surface area contributed by atoms with Crippen LogP contribution in [-0.4, -0.2) is 15.7 Å². The molecule has 0 aliphatic rings. The molecule has 112 valence electrons. The second kappa shape index (κ2) is 6.46. The van der Waals surface area contributed by atoms with Crippen LogP contribution in [0.5, 0.6) is 0 Å². The van der Waals surface area contributed by atoms with E-state index < -0.39 is 5.91 Å². The highest BCUT2D eigenvalue weighted by atomic mass is 35.5. The predicted octanol–water partition coefficient (Wildman–Crippen LogP) is 2.59. The van der Waals surface area contributed by atoms with Gasteiger partial charge in [-0.05, 0) is 31.6 Å². The van der Waals surface area contributed by atoms with Crippen LogP contribution in [0.15, 0.2) is 29.8 Å². The quantitative estimate of drug-likeness (QED) is 0.695. The molecule has 2 aromatic rings. The first-order chi connectivity index (χ1) is 10.4. The van der Waals surface area contributed by atoms with Crippen LogP contribution >= 0.6 is 11.6 Å². The average molecular weight is 315 g/mol. The Kier molecular flexibility index (Phi) is 4.64. The summed E-state index contributed by atoms with van der Waals surface area (Å²) in [5.74, 6) is -0.750. The SMILES string of the molecule is Cc1nn(Cc2ccccc2Cl)c(C)c1/C=C(\C#N)C(N)=O.